The highest BCUT2D eigenvalue weighted by Gasteiger charge is 2.17. The average Bonchev–Trinajstić information content (AvgIpc) is 2.34. The molecule has 0 fully saturated rings. The van der Waals surface area contributed by atoms with Crippen molar-refractivity contribution in [2.24, 2.45) is 0 Å². The molecule has 1 heterocycles. The van der Waals surface area contributed by atoms with Crippen LogP contribution in [0.2, 0.25) is 0 Å². The third-order valence-corrected chi connectivity index (χ3v) is 1.44. The van der Waals surface area contributed by atoms with E-state index in [1.54, 1.807) is 12.1 Å². The van der Waals surface area contributed by atoms with E-state index in [9.17, 15) is 0 Å². The lowest BCUT2D eigenvalue weighted by Crippen LogP contribution is -2.11. The molecule has 0 saturated heterocycles. The zero-order chi connectivity index (χ0) is 6.97. The van der Waals surface area contributed by atoms with Gasteiger partial charge in [-0.05, 0) is 12.1 Å². The summed E-state index contributed by atoms with van der Waals surface area (Å²) in [5.74, 6) is 0.769. The molecule has 3 heteroatoms. The first-order valence-electron chi connectivity index (χ1n) is 3.05. The van der Waals surface area contributed by atoms with Gasteiger partial charge in [-0.15, -0.1) is 0 Å². The number of rotatable bonds is 0. The van der Waals surface area contributed by atoms with Gasteiger partial charge in [0, 0.05) is 7.05 Å². The van der Waals surface area contributed by atoms with E-state index in [-0.39, 0.29) is 0 Å². The van der Waals surface area contributed by atoms with Gasteiger partial charge in [0.15, 0.2) is 5.75 Å². The highest BCUT2D eigenvalue weighted by Crippen LogP contribution is 2.32. The van der Waals surface area contributed by atoms with Crippen molar-refractivity contribution in [3.63, 3.8) is 0 Å². The van der Waals surface area contributed by atoms with E-state index in [2.05, 4.69) is 0 Å². The Balaban J connectivity index is 2.51. The Labute approximate surface area is 58.7 Å². The summed E-state index contributed by atoms with van der Waals surface area (Å²) in [4.78, 5) is 9.59. The van der Waals surface area contributed by atoms with Crippen LogP contribution in [0.5, 0.6) is 5.75 Å². The first kappa shape index (κ1) is 5.56. The SMILES string of the molecule is CN1OOc2ccccc21. The summed E-state index contributed by atoms with van der Waals surface area (Å²) in [7, 11) is 1.80. The van der Waals surface area contributed by atoms with Crippen LogP contribution in [0.15, 0.2) is 24.3 Å². The van der Waals surface area contributed by atoms with Crippen molar-refractivity contribution in [2.75, 3.05) is 12.1 Å². The molecule has 0 bridgehead atoms. The first-order chi connectivity index (χ1) is 4.88. The fourth-order valence-electron chi connectivity index (χ4n) is 0.924. The molecule has 2 rings (SSSR count). The molecular formula is C7H7NO2. The maximum Gasteiger partial charge on any atom is 0.193 e. The van der Waals surface area contributed by atoms with Crippen LogP contribution < -0.4 is 9.95 Å². The quantitative estimate of drug-likeness (QED) is 0.504. The molecule has 0 radical (unpaired) electrons. The lowest BCUT2D eigenvalue weighted by atomic mass is 10.3. The fraction of sp³-hybridized carbons (Fsp3) is 0.143. The predicted octanol–water partition coefficient (Wildman–Crippen LogP) is 1.36. The first-order valence-corrected chi connectivity index (χ1v) is 3.05. The van der Waals surface area contributed by atoms with Gasteiger partial charge in [0.1, 0.15) is 5.69 Å². The molecular weight excluding hydrogens is 130 g/mol. The topological polar surface area (TPSA) is 21.7 Å². The summed E-state index contributed by atoms with van der Waals surface area (Å²) in [5.41, 5.74) is 0.961. The molecule has 3 nitrogen and oxygen atoms in total. The van der Waals surface area contributed by atoms with Crippen LogP contribution in [-0.4, -0.2) is 7.05 Å². The zero-order valence-corrected chi connectivity index (χ0v) is 5.57. The summed E-state index contributed by atoms with van der Waals surface area (Å²) in [6, 6.07) is 7.63. The van der Waals surface area contributed by atoms with Crippen LogP contribution >= 0.6 is 0 Å². The minimum atomic E-state index is 0.769. The van der Waals surface area contributed by atoms with Crippen molar-refractivity contribution in [1.82, 2.24) is 0 Å². The molecule has 1 aliphatic rings. The summed E-state index contributed by atoms with van der Waals surface area (Å²) in [6.07, 6.45) is 0. The Morgan fingerprint density at radius 3 is 2.90 bits per heavy atom. The number of anilines is 1. The number of fused-ring (bicyclic) bond motifs is 1. The maximum absolute atomic E-state index is 4.84. The van der Waals surface area contributed by atoms with Crippen molar-refractivity contribution in [3.8, 4) is 5.75 Å². The molecule has 1 aromatic carbocycles. The van der Waals surface area contributed by atoms with Gasteiger partial charge in [-0.3, -0.25) is 0 Å². The number of hydrogen-bond acceptors (Lipinski definition) is 3. The van der Waals surface area contributed by atoms with Gasteiger partial charge in [-0.2, -0.15) is 0 Å². The normalized spacial score (nSPS) is 14.7. The minimum Gasteiger partial charge on any atom is -0.312 e. The van der Waals surface area contributed by atoms with Crippen molar-refractivity contribution in [1.29, 1.82) is 0 Å². The summed E-state index contributed by atoms with van der Waals surface area (Å²) >= 11 is 0. The van der Waals surface area contributed by atoms with E-state index in [0.29, 0.717) is 0 Å². The number of benzene rings is 1. The van der Waals surface area contributed by atoms with Crippen molar-refractivity contribution in [3.05, 3.63) is 24.3 Å². The lowest BCUT2D eigenvalue weighted by molar-refractivity contribution is -0.194. The molecule has 0 N–H and O–H groups in total. The van der Waals surface area contributed by atoms with Gasteiger partial charge in [0.05, 0.1) is 0 Å². The van der Waals surface area contributed by atoms with E-state index in [4.69, 9.17) is 9.88 Å². The van der Waals surface area contributed by atoms with Crippen LogP contribution in [0.4, 0.5) is 5.69 Å². The Bertz CT molecular complexity index is 249. The zero-order valence-electron chi connectivity index (χ0n) is 5.57. The molecule has 52 valence electrons. The number of hydroxylamine groups is 1. The molecule has 0 saturated carbocycles. The smallest absolute Gasteiger partial charge is 0.193 e. The van der Waals surface area contributed by atoms with Crippen molar-refractivity contribution in [2.45, 2.75) is 0 Å². The highest BCUT2D eigenvalue weighted by atomic mass is 17.3. The standard InChI is InChI=1S/C7H7NO2/c1-8-6-4-2-3-5-7(6)9-10-8/h2-5H,1H3. The molecule has 0 amide bonds. The molecule has 0 aliphatic carbocycles. The third kappa shape index (κ3) is 0.642. The van der Waals surface area contributed by atoms with Gasteiger partial charge in [0.2, 0.25) is 0 Å². The molecule has 0 unspecified atom stereocenters. The predicted molar refractivity (Wildman–Crippen MR) is 36.6 cm³/mol. The van der Waals surface area contributed by atoms with Crippen LogP contribution in [0.3, 0.4) is 0 Å². The fourth-order valence-corrected chi connectivity index (χ4v) is 0.924. The van der Waals surface area contributed by atoms with Crippen molar-refractivity contribution < 1.29 is 9.88 Å². The van der Waals surface area contributed by atoms with E-state index in [1.807, 2.05) is 24.3 Å². The van der Waals surface area contributed by atoms with Gasteiger partial charge >= 0.3 is 0 Å². The second-order valence-electron chi connectivity index (χ2n) is 2.12. The Kier molecular flexibility index (Phi) is 1.05. The largest absolute Gasteiger partial charge is 0.312 e. The second-order valence-corrected chi connectivity index (χ2v) is 2.12. The van der Waals surface area contributed by atoms with E-state index >= 15 is 0 Å². The van der Waals surface area contributed by atoms with Gasteiger partial charge in [-0.25, -0.2) is 5.06 Å². The Hall–Kier alpha value is -1.22. The van der Waals surface area contributed by atoms with E-state index in [0.717, 1.165) is 11.4 Å². The molecule has 1 aliphatic heterocycles. The van der Waals surface area contributed by atoms with Crippen molar-refractivity contribution >= 4 is 5.69 Å². The van der Waals surface area contributed by atoms with Gasteiger partial charge < -0.3 is 4.89 Å². The molecule has 1 aromatic rings. The average molecular weight is 137 g/mol. The molecule has 0 spiro atoms. The summed E-state index contributed by atoms with van der Waals surface area (Å²) < 4.78 is 0. The maximum atomic E-state index is 4.84. The number of nitrogens with zero attached hydrogens (tertiary/aromatic N) is 1. The molecule has 0 atom stereocenters. The third-order valence-electron chi connectivity index (χ3n) is 1.44. The van der Waals surface area contributed by atoms with Crippen LogP contribution in [0.25, 0.3) is 0 Å². The van der Waals surface area contributed by atoms with E-state index < -0.39 is 0 Å². The number of hydrogen-bond donors (Lipinski definition) is 0. The van der Waals surface area contributed by atoms with Gasteiger partial charge in [-0.1, -0.05) is 17.1 Å². The molecule has 0 aromatic heterocycles. The highest BCUT2D eigenvalue weighted by molar-refractivity contribution is 5.57. The van der Waals surface area contributed by atoms with E-state index in [1.165, 1.54) is 0 Å². The van der Waals surface area contributed by atoms with Crippen LogP contribution in [0, 0.1) is 0 Å². The Morgan fingerprint density at radius 1 is 1.30 bits per heavy atom. The lowest BCUT2D eigenvalue weighted by Gasteiger charge is -2.02. The number of para-hydroxylation sites is 2. The monoisotopic (exact) mass is 137 g/mol. The minimum absolute atomic E-state index is 0.769. The molecule has 10 heavy (non-hydrogen) atoms. The van der Waals surface area contributed by atoms with Crippen LogP contribution in [-0.2, 0) is 4.99 Å². The van der Waals surface area contributed by atoms with Crippen LogP contribution in [0.1, 0.15) is 0 Å². The summed E-state index contributed by atoms with van der Waals surface area (Å²) in [5, 5.41) is 1.58. The second kappa shape index (κ2) is 1.88. The van der Waals surface area contributed by atoms with Gasteiger partial charge in [0.25, 0.3) is 0 Å². The Morgan fingerprint density at radius 2 is 2.10 bits per heavy atom. The summed E-state index contributed by atoms with van der Waals surface area (Å²) in [6.45, 7) is 0.